The lowest BCUT2D eigenvalue weighted by atomic mass is 10.1. The van der Waals surface area contributed by atoms with Crippen molar-refractivity contribution >= 4 is 5.82 Å². The van der Waals surface area contributed by atoms with E-state index in [4.69, 9.17) is 4.74 Å². The summed E-state index contributed by atoms with van der Waals surface area (Å²) in [5.74, 6) is 1.68. The summed E-state index contributed by atoms with van der Waals surface area (Å²) in [6.07, 6.45) is 3.72. The SMILES string of the molecule is COc1ccc(-c2ccc(N3CCN(C)CC3)nc2)cn1. The first-order valence-corrected chi connectivity index (χ1v) is 7.16. The second-order valence-corrected chi connectivity index (χ2v) is 5.28. The number of nitrogens with zero attached hydrogens (tertiary/aromatic N) is 4. The number of methoxy groups -OCH3 is 1. The lowest BCUT2D eigenvalue weighted by Crippen LogP contribution is -2.44. The first kappa shape index (κ1) is 13.8. The Kier molecular flexibility index (Phi) is 4.01. The number of likely N-dealkylation sites (N-methyl/N-ethyl adjacent to an activating group) is 1. The number of rotatable bonds is 3. The number of hydrogen-bond donors (Lipinski definition) is 0. The van der Waals surface area contributed by atoms with Gasteiger partial charge in [0.15, 0.2) is 0 Å². The summed E-state index contributed by atoms with van der Waals surface area (Å²) in [4.78, 5) is 13.5. The molecule has 1 aliphatic heterocycles. The smallest absolute Gasteiger partial charge is 0.212 e. The standard InChI is InChI=1S/C16H20N4O/c1-19-7-9-20(10-8-19)15-5-3-13(11-17-15)14-4-6-16(21-2)18-12-14/h3-6,11-12H,7-10H2,1-2H3. The maximum Gasteiger partial charge on any atom is 0.212 e. The van der Waals surface area contributed by atoms with Crippen molar-refractivity contribution in [3.63, 3.8) is 0 Å². The number of hydrogen-bond acceptors (Lipinski definition) is 5. The molecule has 1 saturated heterocycles. The van der Waals surface area contributed by atoms with Gasteiger partial charge in [-0.25, -0.2) is 9.97 Å². The lowest BCUT2D eigenvalue weighted by Gasteiger charge is -2.33. The Morgan fingerprint density at radius 3 is 2.10 bits per heavy atom. The second kappa shape index (κ2) is 6.10. The predicted octanol–water partition coefficient (Wildman–Crippen LogP) is 1.90. The third kappa shape index (κ3) is 3.13. The third-order valence-corrected chi connectivity index (χ3v) is 3.85. The molecule has 3 rings (SSSR count). The number of ether oxygens (including phenoxy) is 1. The summed E-state index contributed by atoms with van der Waals surface area (Å²) in [7, 11) is 3.78. The molecule has 2 aromatic rings. The van der Waals surface area contributed by atoms with Crippen LogP contribution in [0, 0.1) is 0 Å². The van der Waals surface area contributed by atoms with Gasteiger partial charge in [0.05, 0.1) is 7.11 Å². The van der Waals surface area contributed by atoms with Crippen LogP contribution in [0.15, 0.2) is 36.7 Å². The zero-order chi connectivity index (χ0) is 14.7. The molecule has 5 heteroatoms. The van der Waals surface area contributed by atoms with Crippen LogP contribution in [-0.2, 0) is 0 Å². The van der Waals surface area contributed by atoms with E-state index in [1.807, 2.05) is 24.5 Å². The van der Waals surface area contributed by atoms with E-state index in [1.165, 1.54) is 0 Å². The second-order valence-electron chi connectivity index (χ2n) is 5.28. The van der Waals surface area contributed by atoms with Gasteiger partial charge in [-0.3, -0.25) is 0 Å². The molecule has 0 bridgehead atoms. The Labute approximate surface area is 125 Å². The minimum absolute atomic E-state index is 0.626. The Morgan fingerprint density at radius 2 is 1.57 bits per heavy atom. The fourth-order valence-electron chi connectivity index (χ4n) is 2.45. The van der Waals surface area contributed by atoms with Gasteiger partial charge in [0, 0.05) is 55.8 Å². The van der Waals surface area contributed by atoms with Crippen LogP contribution in [-0.4, -0.2) is 55.2 Å². The minimum Gasteiger partial charge on any atom is -0.481 e. The Morgan fingerprint density at radius 1 is 0.905 bits per heavy atom. The van der Waals surface area contributed by atoms with Crippen LogP contribution < -0.4 is 9.64 Å². The average molecular weight is 284 g/mol. The molecule has 21 heavy (non-hydrogen) atoms. The zero-order valence-corrected chi connectivity index (χ0v) is 12.5. The summed E-state index contributed by atoms with van der Waals surface area (Å²) in [5.41, 5.74) is 2.12. The van der Waals surface area contributed by atoms with Crippen molar-refractivity contribution in [2.45, 2.75) is 0 Å². The highest BCUT2D eigenvalue weighted by molar-refractivity contribution is 5.63. The van der Waals surface area contributed by atoms with Gasteiger partial charge in [0.2, 0.25) is 5.88 Å². The van der Waals surface area contributed by atoms with Crippen molar-refractivity contribution in [2.24, 2.45) is 0 Å². The number of pyridine rings is 2. The van der Waals surface area contributed by atoms with Gasteiger partial charge in [0.1, 0.15) is 5.82 Å². The maximum absolute atomic E-state index is 5.07. The van der Waals surface area contributed by atoms with Crippen LogP contribution in [0.3, 0.4) is 0 Å². The molecule has 3 heterocycles. The van der Waals surface area contributed by atoms with E-state index >= 15 is 0 Å². The van der Waals surface area contributed by atoms with Gasteiger partial charge >= 0.3 is 0 Å². The van der Waals surface area contributed by atoms with Crippen molar-refractivity contribution in [3.8, 4) is 17.0 Å². The van der Waals surface area contributed by atoms with Crippen LogP contribution in [0.25, 0.3) is 11.1 Å². The highest BCUT2D eigenvalue weighted by atomic mass is 16.5. The molecular formula is C16H20N4O. The van der Waals surface area contributed by atoms with E-state index in [2.05, 4.69) is 38.9 Å². The molecule has 0 atom stereocenters. The zero-order valence-electron chi connectivity index (χ0n) is 12.5. The van der Waals surface area contributed by atoms with E-state index < -0.39 is 0 Å². The van der Waals surface area contributed by atoms with Crippen LogP contribution in [0.4, 0.5) is 5.82 Å². The van der Waals surface area contributed by atoms with Crippen LogP contribution in [0.5, 0.6) is 5.88 Å². The molecule has 0 unspecified atom stereocenters. The Bertz CT molecular complexity index is 574. The van der Waals surface area contributed by atoms with Crippen LogP contribution in [0.2, 0.25) is 0 Å². The molecule has 1 fully saturated rings. The number of anilines is 1. The van der Waals surface area contributed by atoms with Crippen molar-refractivity contribution < 1.29 is 4.74 Å². The summed E-state index contributed by atoms with van der Waals surface area (Å²) in [6.45, 7) is 4.25. The first-order chi connectivity index (χ1) is 10.3. The highest BCUT2D eigenvalue weighted by Gasteiger charge is 2.15. The van der Waals surface area contributed by atoms with Gasteiger partial charge in [-0.05, 0) is 25.2 Å². The van der Waals surface area contributed by atoms with E-state index in [1.54, 1.807) is 7.11 Å². The largest absolute Gasteiger partial charge is 0.481 e. The molecular weight excluding hydrogens is 264 g/mol. The molecule has 0 radical (unpaired) electrons. The quantitative estimate of drug-likeness (QED) is 0.861. The molecule has 2 aromatic heterocycles. The summed E-state index contributed by atoms with van der Waals surface area (Å²) in [6, 6.07) is 8.05. The molecule has 0 amide bonds. The van der Waals surface area contributed by atoms with E-state index in [0.717, 1.165) is 43.1 Å². The van der Waals surface area contributed by atoms with Crippen molar-refractivity contribution in [2.75, 3.05) is 45.2 Å². The lowest BCUT2D eigenvalue weighted by molar-refractivity contribution is 0.312. The van der Waals surface area contributed by atoms with Crippen LogP contribution in [0.1, 0.15) is 0 Å². The van der Waals surface area contributed by atoms with E-state index in [-0.39, 0.29) is 0 Å². The van der Waals surface area contributed by atoms with Gasteiger partial charge in [-0.1, -0.05) is 0 Å². The fraction of sp³-hybridized carbons (Fsp3) is 0.375. The van der Waals surface area contributed by atoms with Gasteiger partial charge in [-0.2, -0.15) is 0 Å². The molecule has 0 aliphatic carbocycles. The van der Waals surface area contributed by atoms with Crippen molar-refractivity contribution in [1.29, 1.82) is 0 Å². The summed E-state index contributed by atoms with van der Waals surface area (Å²) >= 11 is 0. The summed E-state index contributed by atoms with van der Waals surface area (Å²) in [5, 5.41) is 0. The van der Waals surface area contributed by atoms with Gasteiger partial charge in [0.25, 0.3) is 0 Å². The maximum atomic E-state index is 5.07. The molecule has 0 spiro atoms. The molecule has 0 N–H and O–H groups in total. The monoisotopic (exact) mass is 284 g/mol. The molecule has 0 saturated carbocycles. The van der Waals surface area contributed by atoms with E-state index in [9.17, 15) is 0 Å². The molecule has 1 aliphatic rings. The van der Waals surface area contributed by atoms with Gasteiger partial charge < -0.3 is 14.5 Å². The van der Waals surface area contributed by atoms with Crippen molar-refractivity contribution in [3.05, 3.63) is 36.7 Å². The number of piperazine rings is 1. The minimum atomic E-state index is 0.626. The van der Waals surface area contributed by atoms with Crippen molar-refractivity contribution in [1.82, 2.24) is 14.9 Å². The number of aromatic nitrogens is 2. The predicted molar refractivity (Wildman–Crippen MR) is 83.7 cm³/mol. The summed E-state index contributed by atoms with van der Waals surface area (Å²) < 4.78 is 5.07. The first-order valence-electron chi connectivity index (χ1n) is 7.16. The topological polar surface area (TPSA) is 41.5 Å². The normalized spacial score (nSPS) is 16.0. The Hall–Kier alpha value is -2.14. The Balaban J connectivity index is 1.74. The van der Waals surface area contributed by atoms with E-state index in [0.29, 0.717) is 5.88 Å². The third-order valence-electron chi connectivity index (χ3n) is 3.85. The molecule has 5 nitrogen and oxygen atoms in total. The molecule has 0 aromatic carbocycles. The fourth-order valence-corrected chi connectivity index (χ4v) is 2.45. The van der Waals surface area contributed by atoms with Crippen LogP contribution >= 0.6 is 0 Å². The average Bonchev–Trinajstić information content (AvgIpc) is 2.56. The van der Waals surface area contributed by atoms with Gasteiger partial charge in [-0.15, -0.1) is 0 Å². The highest BCUT2D eigenvalue weighted by Crippen LogP contribution is 2.22. The molecule has 110 valence electrons.